The fourth-order valence-corrected chi connectivity index (χ4v) is 2.80. The number of carbonyl (C=O) groups is 1. The fraction of sp³-hybridized carbons (Fsp3) is 0.214. The molecule has 7 nitrogen and oxygen atoms in total. The van der Waals surface area contributed by atoms with E-state index in [2.05, 4.69) is 15.4 Å². The van der Waals surface area contributed by atoms with Gasteiger partial charge in [0.2, 0.25) is 4.96 Å². The first-order valence-corrected chi connectivity index (χ1v) is 7.34. The Morgan fingerprint density at radius 2 is 2.14 bits per heavy atom. The van der Waals surface area contributed by atoms with Gasteiger partial charge in [-0.05, 0) is 19.1 Å². The second kappa shape index (κ2) is 5.64. The van der Waals surface area contributed by atoms with E-state index in [1.807, 2.05) is 0 Å². The molecule has 1 aromatic carbocycles. The molecule has 2 heterocycles. The van der Waals surface area contributed by atoms with Crippen LogP contribution in [-0.2, 0) is 0 Å². The molecule has 0 spiro atoms. The lowest BCUT2D eigenvalue weighted by molar-refractivity contribution is 0.101. The number of imidazole rings is 1. The Bertz CT molecular complexity index is 840. The summed E-state index contributed by atoms with van der Waals surface area (Å²) < 4.78 is 12.0. The third-order valence-corrected chi connectivity index (χ3v) is 3.87. The summed E-state index contributed by atoms with van der Waals surface area (Å²) in [5.41, 5.74) is 3.24. The van der Waals surface area contributed by atoms with Crippen molar-refractivity contribution < 1.29 is 14.3 Å². The van der Waals surface area contributed by atoms with Crippen LogP contribution in [0.15, 0.2) is 23.7 Å². The van der Waals surface area contributed by atoms with E-state index in [1.54, 1.807) is 37.7 Å². The molecule has 3 rings (SSSR count). The zero-order valence-corrected chi connectivity index (χ0v) is 13.1. The van der Waals surface area contributed by atoms with E-state index in [0.29, 0.717) is 33.5 Å². The van der Waals surface area contributed by atoms with Gasteiger partial charge in [0.25, 0.3) is 5.91 Å². The number of fused-ring (bicyclic) bond motifs is 1. The molecule has 1 amide bonds. The summed E-state index contributed by atoms with van der Waals surface area (Å²) in [6.07, 6.45) is 0. The molecule has 0 atom stereocenters. The number of nitrogens with zero attached hydrogens (tertiary/aromatic N) is 3. The third-order valence-electron chi connectivity index (χ3n) is 3.19. The lowest BCUT2D eigenvalue weighted by Crippen LogP contribution is -2.16. The highest BCUT2D eigenvalue weighted by molar-refractivity contribution is 7.14. The minimum atomic E-state index is -0.292. The number of methoxy groups -OCH3 is 2. The number of anilines is 1. The summed E-state index contributed by atoms with van der Waals surface area (Å²) in [4.78, 5) is 17.5. The van der Waals surface area contributed by atoms with Crippen molar-refractivity contribution in [3.05, 3.63) is 35.1 Å². The zero-order valence-electron chi connectivity index (χ0n) is 12.3. The second-order valence-corrected chi connectivity index (χ2v) is 5.31. The Hall–Kier alpha value is -2.61. The average molecular weight is 318 g/mol. The minimum Gasteiger partial charge on any atom is -0.497 e. The molecule has 8 heteroatoms. The van der Waals surface area contributed by atoms with Crippen molar-refractivity contribution in [1.29, 1.82) is 0 Å². The van der Waals surface area contributed by atoms with Crippen molar-refractivity contribution in [1.82, 2.24) is 14.6 Å². The van der Waals surface area contributed by atoms with Crippen LogP contribution in [0.4, 0.5) is 5.69 Å². The van der Waals surface area contributed by atoms with E-state index in [4.69, 9.17) is 9.47 Å². The van der Waals surface area contributed by atoms with Gasteiger partial charge < -0.3 is 14.8 Å². The van der Waals surface area contributed by atoms with Crippen molar-refractivity contribution in [2.45, 2.75) is 6.92 Å². The topological polar surface area (TPSA) is 77.8 Å². The first kappa shape index (κ1) is 14.3. The smallest absolute Gasteiger partial charge is 0.276 e. The SMILES string of the molecule is COc1ccc(NC(=O)c2c(C)nc3scnn23)c(OC)c1. The van der Waals surface area contributed by atoms with Gasteiger partial charge in [-0.1, -0.05) is 11.3 Å². The van der Waals surface area contributed by atoms with Crippen LogP contribution >= 0.6 is 11.3 Å². The molecule has 0 fully saturated rings. The third kappa shape index (κ3) is 2.37. The van der Waals surface area contributed by atoms with Crippen LogP contribution in [0.1, 0.15) is 16.2 Å². The zero-order chi connectivity index (χ0) is 15.7. The number of ether oxygens (including phenoxy) is 2. The molecular formula is C14H14N4O3S. The van der Waals surface area contributed by atoms with E-state index in [1.165, 1.54) is 23.0 Å². The number of hydrogen-bond acceptors (Lipinski definition) is 6. The molecule has 0 unspecified atom stereocenters. The molecule has 3 aromatic rings. The van der Waals surface area contributed by atoms with E-state index < -0.39 is 0 Å². The maximum Gasteiger partial charge on any atom is 0.276 e. The maximum atomic E-state index is 12.5. The highest BCUT2D eigenvalue weighted by Crippen LogP contribution is 2.29. The van der Waals surface area contributed by atoms with Gasteiger partial charge in [-0.15, -0.1) is 0 Å². The lowest BCUT2D eigenvalue weighted by Gasteiger charge is -2.11. The average Bonchev–Trinajstić information content (AvgIpc) is 3.07. The summed E-state index contributed by atoms with van der Waals surface area (Å²) in [6.45, 7) is 1.78. The normalized spacial score (nSPS) is 10.7. The van der Waals surface area contributed by atoms with Crippen LogP contribution in [0.25, 0.3) is 4.96 Å². The molecule has 0 saturated heterocycles. The fourth-order valence-electron chi connectivity index (χ4n) is 2.14. The molecular weight excluding hydrogens is 304 g/mol. The summed E-state index contributed by atoms with van der Waals surface area (Å²) in [5.74, 6) is 0.876. The Morgan fingerprint density at radius 1 is 1.32 bits per heavy atom. The monoisotopic (exact) mass is 318 g/mol. The van der Waals surface area contributed by atoms with Gasteiger partial charge in [-0.25, -0.2) is 4.98 Å². The number of benzene rings is 1. The molecule has 0 saturated carbocycles. The lowest BCUT2D eigenvalue weighted by atomic mass is 10.2. The summed E-state index contributed by atoms with van der Waals surface area (Å²) >= 11 is 1.38. The first-order valence-electron chi connectivity index (χ1n) is 6.46. The van der Waals surface area contributed by atoms with Gasteiger partial charge >= 0.3 is 0 Å². The van der Waals surface area contributed by atoms with Gasteiger partial charge in [0.15, 0.2) is 5.69 Å². The van der Waals surface area contributed by atoms with Crippen molar-refractivity contribution in [2.24, 2.45) is 0 Å². The molecule has 0 bridgehead atoms. The standard InChI is InChI=1S/C14H14N4O3S/c1-8-12(18-14(16-8)22-7-15-18)13(19)17-10-5-4-9(20-2)6-11(10)21-3/h4-7H,1-3H3,(H,17,19). The molecule has 2 aromatic heterocycles. The van der Waals surface area contributed by atoms with Gasteiger partial charge in [-0.2, -0.15) is 9.61 Å². The number of aromatic nitrogens is 3. The van der Waals surface area contributed by atoms with Crippen LogP contribution in [0, 0.1) is 6.92 Å². The predicted molar refractivity (Wildman–Crippen MR) is 83.1 cm³/mol. The maximum absolute atomic E-state index is 12.5. The van der Waals surface area contributed by atoms with E-state index in [0.717, 1.165) is 0 Å². The Morgan fingerprint density at radius 3 is 2.86 bits per heavy atom. The van der Waals surface area contributed by atoms with Gasteiger partial charge in [0.05, 0.1) is 25.6 Å². The number of aryl methyl sites for hydroxylation is 1. The quantitative estimate of drug-likeness (QED) is 0.799. The van der Waals surface area contributed by atoms with E-state index >= 15 is 0 Å². The van der Waals surface area contributed by atoms with Gasteiger partial charge in [-0.3, -0.25) is 4.79 Å². The Labute approximate surface area is 130 Å². The highest BCUT2D eigenvalue weighted by Gasteiger charge is 2.19. The number of rotatable bonds is 4. The molecule has 114 valence electrons. The molecule has 0 radical (unpaired) electrons. The van der Waals surface area contributed by atoms with Crippen molar-refractivity contribution >= 4 is 27.9 Å². The number of carbonyl (C=O) groups excluding carboxylic acids is 1. The minimum absolute atomic E-state index is 0.292. The number of hydrogen-bond donors (Lipinski definition) is 1. The summed E-state index contributed by atoms with van der Waals surface area (Å²) in [5, 5.41) is 6.95. The van der Waals surface area contributed by atoms with Crippen molar-refractivity contribution in [3.8, 4) is 11.5 Å². The largest absolute Gasteiger partial charge is 0.497 e. The molecule has 0 aliphatic carbocycles. The van der Waals surface area contributed by atoms with Crippen LogP contribution < -0.4 is 14.8 Å². The van der Waals surface area contributed by atoms with E-state index in [-0.39, 0.29) is 5.91 Å². The van der Waals surface area contributed by atoms with Gasteiger partial charge in [0.1, 0.15) is 17.0 Å². The summed E-state index contributed by atoms with van der Waals surface area (Å²) in [7, 11) is 3.11. The highest BCUT2D eigenvalue weighted by atomic mass is 32.1. The predicted octanol–water partition coefficient (Wildman–Crippen LogP) is 2.37. The van der Waals surface area contributed by atoms with Crippen LogP contribution in [0.3, 0.4) is 0 Å². The van der Waals surface area contributed by atoms with Crippen LogP contribution in [0.5, 0.6) is 11.5 Å². The molecule has 22 heavy (non-hydrogen) atoms. The molecule has 1 N–H and O–H groups in total. The number of amides is 1. The molecule has 0 aliphatic heterocycles. The first-order chi connectivity index (χ1) is 10.6. The summed E-state index contributed by atoms with van der Waals surface area (Å²) in [6, 6.07) is 5.18. The second-order valence-electron chi connectivity index (χ2n) is 4.50. The number of nitrogens with one attached hydrogen (secondary N) is 1. The Kier molecular flexibility index (Phi) is 3.68. The van der Waals surface area contributed by atoms with Crippen LogP contribution in [-0.4, -0.2) is 34.7 Å². The molecule has 0 aliphatic rings. The van der Waals surface area contributed by atoms with E-state index in [9.17, 15) is 4.79 Å². The van der Waals surface area contributed by atoms with Crippen molar-refractivity contribution in [3.63, 3.8) is 0 Å². The Balaban J connectivity index is 1.94. The van der Waals surface area contributed by atoms with Gasteiger partial charge in [0, 0.05) is 6.07 Å². The van der Waals surface area contributed by atoms with Crippen LogP contribution in [0.2, 0.25) is 0 Å². The van der Waals surface area contributed by atoms with Crippen molar-refractivity contribution in [2.75, 3.05) is 19.5 Å².